The second-order valence-corrected chi connectivity index (χ2v) is 8.37. The number of benzene rings is 3. The Morgan fingerprint density at radius 2 is 1.62 bits per heavy atom. The number of imide groups is 2. The van der Waals surface area contributed by atoms with Crippen molar-refractivity contribution in [3.8, 4) is 5.75 Å². The van der Waals surface area contributed by atoms with Crippen LogP contribution in [0.5, 0.6) is 5.75 Å². The first-order valence-electron chi connectivity index (χ1n) is 10.5. The molecule has 1 heterocycles. The number of para-hydroxylation sites is 1. The largest absolute Gasteiger partial charge is 0.488 e. The van der Waals surface area contributed by atoms with E-state index in [0.717, 1.165) is 22.4 Å². The van der Waals surface area contributed by atoms with Gasteiger partial charge in [-0.3, -0.25) is 14.9 Å². The van der Waals surface area contributed by atoms with E-state index in [0.29, 0.717) is 27.0 Å². The molecule has 4 rings (SSSR count). The molecule has 8 heteroatoms. The van der Waals surface area contributed by atoms with Gasteiger partial charge in [-0.15, -0.1) is 0 Å². The highest BCUT2D eigenvalue weighted by molar-refractivity contribution is 6.42. The van der Waals surface area contributed by atoms with E-state index >= 15 is 0 Å². The van der Waals surface area contributed by atoms with E-state index < -0.39 is 17.8 Å². The molecular weight excluding hydrogens is 475 g/mol. The number of rotatable bonds is 6. The normalized spacial score (nSPS) is 15.0. The SMILES string of the molecule is CCc1ccc(N2C(=O)NC(=O)/C(=C/c3ccccc3OCc3ccc(Cl)c(Cl)c3)C2=O)cc1. The molecule has 0 aromatic heterocycles. The van der Waals surface area contributed by atoms with Gasteiger partial charge in [-0.1, -0.05) is 66.5 Å². The van der Waals surface area contributed by atoms with E-state index in [1.54, 1.807) is 54.6 Å². The molecule has 3 aromatic carbocycles. The fourth-order valence-electron chi connectivity index (χ4n) is 3.45. The van der Waals surface area contributed by atoms with E-state index in [9.17, 15) is 14.4 Å². The van der Waals surface area contributed by atoms with Crippen molar-refractivity contribution in [3.63, 3.8) is 0 Å². The Bertz CT molecular complexity index is 1300. The minimum atomic E-state index is -0.791. The third-order valence-corrected chi connectivity index (χ3v) is 6.04. The number of hydrogen-bond acceptors (Lipinski definition) is 4. The minimum Gasteiger partial charge on any atom is -0.488 e. The maximum Gasteiger partial charge on any atom is 0.335 e. The van der Waals surface area contributed by atoms with Gasteiger partial charge < -0.3 is 4.74 Å². The van der Waals surface area contributed by atoms with Gasteiger partial charge in [-0.25, -0.2) is 9.69 Å². The summed E-state index contributed by atoms with van der Waals surface area (Å²) in [6.07, 6.45) is 2.24. The Balaban J connectivity index is 1.62. The summed E-state index contributed by atoms with van der Waals surface area (Å²) >= 11 is 12.0. The van der Waals surface area contributed by atoms with Crippen LogP contribution in [0.1, 0.15) is 23.6 Å². The van der Waals surface area contributed by atoms with Crippen molar-refractivity contribution in [1.29, 1.82) is 0 Å². The number of aryl methyl sites for hydroxylation is 1. The van der Waals surface area contributed by atoms with Gasteiger partial charge in [0.1, 0.15) is 17.9 Å². The number of carbonyl (C=O) groups excluding carboxylic acids is 3. The Morgan fingerprint density at radius 1 is 0.912 bits per heavy atom. The number of barbiturate groups is 1. The number of carbonyl (C=O) groups is 3. The molecule has 0 spiro atoms. The Morgan fingerprint density at radius 3 is 2.32 bits per heavy atom. The molecule has 1 saturated heterocycles. The van der Waals surface area contributed by atoms with Crippen molar-refractivity contribution in [2.24, 2.45) is 0 Å². The number of amides is 4. The van der Waals surface area contributed by atoms with Crippen LogP contribution in [0, 0.1) is 0 Å². The fourth-order valence-corrected chi connectivity index (χ4v) is 3.77. The topological polar surface area (TPSA) is 75.7 Å². The van der Waals surface area contributed by atoms with Crippen molar-refractivity contribution in [1.82, 2.24) is 5.32 Å². The molecule has 0 radical (unpaired) electrons. The fraction of sp³-hybridized carbons (Fsp3) is 0.115. The Labute approximate surface area is 206 Å². The third kappa shape index (κ3) is 4.98. The summed E-state index contributed by atoms with van der Waals surface area (Å²) in [5, 5.41) is 3.10. The molecule has 0 aliphatic carbocycles. The van der Waals surface area contributed by atoms with E-state index in [1.807, 2.05) is 19.1 Å². The van der Waals surface area contributed by atoms with E-state index in [2.05, 4.69) is 5.32 Å². The predicted molar refractivity (Wildman–Crippen MR) is 132 cm³/mol. The number of nitrogens with one attached hydrogen (secondary N) is 1. The van der Waals surface area contributed by atoms with Gasteiger partial charge in [-0.2, -0.15) is 0 Å². The molecule has 6 nitrogen and oxygen atoms in total. The first-order valence-corrected chi connectivity index (χ1v) is 11.3. The molecule has 3 aromatic rings. The summed E-state index contributed by atoms with van der Waals surface area (Å²) < 4.78 is 5.92. The first-order chi connectivity index (χ1) is 16.4. The summed E-state index contributed by atoms with van der Waals surface area (Å²) in [5.41, 5.74) is 2.58. The van der Waals surface area contributed by atoms with Crippen molar-refractivity contribution in [2.45, 2.75) is 20.0 Å². The van der Waals surface area contributed by atoms with Crippen LogP contribution in [0.4, 0.5) is 10.5 Å². The average Bonchev–Trinajstić information content (AvgIpc) is 2.83. The van der Waals surface area contributed by atoms with E-state index in [-0.39, 0.29) is 12.2 Å². The zero-order valence-corrected chi connectivity index (χ0v) is 19.7. The van der Waals surface area contributed by atoms with Gasteiger partial charge in [0.2, 0.25) is 0 Å². The van der Waals surface area contributed by atoms with Crippen LogP contribution in [0.15, 0.2) is 72.3 Å². The van der Waals surface area contributed by atoms with Crippen molar-refractivity contribution < 1.29 is 19.1 Å². The van der Waals surface area contributed by atoms with Gasteiger partial charge in [0.05, 0.1) is 15.7 Å². The highest BCUT2D eigenvalue weighted by Gasteiger charge is 2.36. The monoisotopic (exact) mass is 494 g/mol. The Hall–Kier alpha value is -3.61. The third-order valence-electron chi connectivity index (χ3n) is 5.30. The zero-order valence-electron chi connectivity index (χ0n) is 18.2. The van der Waals surface area contributed by atoms with Crippen LogP contribution in [-0.2, 0) is 22.6 Å². The molecule has 4 amide bonds. The van der Waals surface area contributed by atoms with Crippen molar-refractivity contribution in [2.75, 3.05) is 4.90 Å². The molecule has 1 aliphatic heterocycles. The molecule has 172 valence electrons. The van der Waals surface area contributed by atoms with Crippen LogP contribution in [0.2, 0.25) is 10.0 Å². The molecule has 0 saturated carbocycles. The molecule has 0 bridgehead atoms. The molecule has 0 atom stereocenters. The van der Waals surface area contributed by atoms with Crippen molar-refractivity contribution in [3.05, 3.63) is 99.0 Å². The summed E-state index contributed by atoms with van der Waals surface area (Å²) in [6.45, 7) is 2.21. The predicted octanol–water partition coefficient (Wildman–Crippen LogP) is 5.80. The van der Waals surface area contributed by atoms with Gasteiger partial charge >= 0.3 is 6.03 Å². The lowest BCUT2D eigenvalue weighted by molar-refractivity contribution is -0.122. The Kier molecular flexibility index (Phi) is 7.01. The van der Waals surface area contributed by atoms with Crippen LogP contribution < -0.4 is 15.0 Å². The highest BCUT2D eigenvalue weighted by atomic mass is 35.5. The second kappa shape index (κ2) is 10.1. The lowest BCUT2D eigenvalue weighted by Crippen LogP contribution is -2.54. The first kappa shape index (κ1) is 23.5. The number of nitrogens with zero attached hydrogens (tertiary/aromatic N) is 1. The number of halogens is 2. The molecule has 1 fully saturated rings. The quantitative estimate of drug-likeness (QED) is 0.347. The molecule has 1 N–H and O–H groups in total. The van der Waals surface area contributed by atoms with Gasteiger partial charge in [-0.05, 0) is 54.0 Å². The molecule has 34 heavy (non-hydrogen) atoms. The van der Waals surface area contributed by atoms with Gasteiger partial charge in [0, 0.05) is 5.56 Å². The lowest BCUT2D eigenvalue weighted by Gasteiger charge is -2.26. The van der Waals surface area contributed by atoms with Crippen LogP contribution >= 0.6 is 23.2 Å². The maximum absolute atomic E-state index is 13.2. The molecule has 1 aliphatic rings. The standard InChI is InChI=1S/C26H20Cl2N2O4/c1-2-16-7-10-19(11-8-16)30-25(32)20(24(31)29-26(30)33)14-18-5-3-4-6-23(18)34-15-17-9-12-21(27)22(28)13-17/h3-14H,2,15H2,1H3,(H,29,31,33)/b20-14-. The lowest BCUT2D eigenvalue weighted by atomic mass is 10.1. The molecular formula is C26H20Cl2N2O4. The smallest absolute Gasteiger partial charge is 0.335 e. The van der Waals surface area contributed by atoms with E-state index in [1.165, 1.54) is 6.08 Å². The van der Waals surface area contributed by atoms with Crippen LogP contribution in [0.25, 0.3) is 6.08 Å². The highest BCUT2D eigenvalue weighted by Crippen LogP contribution is 2.27. The number of urea groups is 1. The van der Waals surface area contributed by atoms with Crippen LogP contribution in [0.3, 0.4) is 0 Å². The second-order valence-electron chi connectivity index (χ2n) is 7.55. The summed E-state index contributed by atoms with van der Waals surface area (Å²) in [6, 6.07) is 18.4. The zero-order chi connectivity index (χ0) is 24.2. The van der Waals surface area contributed by atoms with E-state index in [4.69, 9.17) is 27.9 Å². The number of hydrogen-bond donors (Lipinski definition) is 1. The van der Waals surface area contributed by atoms with Crippen molar-refractivity contribution >= 4 is 52.8 Å². The summed E-state index contributed by atoms with van der Waals surface area (Å²) in [5.74, 6) is -1.02. The van der Waals surface area contributed by atoms with Gasteiger partial charge in [0.25, 0.3) is 11.8 Å². The number of ether oxygens (including phenoxy) is 1. The van der Waals surface area contributed by atoms with Crippen LogP contribution in [-0.4, -0.2) is 17.8 Å². The number of anilines is 1. The molecule has 0 unspecified atom stereocenters. The summed E-state index contributed by atoms with van der Waals surface area (Å²) in [7, 11) is 0. The summed E-state index contributed by atoms with van der Waals surface area (Å²) in [4.78, 5) is 39.1. The minimum absolute atomic E-state index is 0.176. The maximum atomic E-state index is 13.2. The average molecular weight is 495 g/mol. The van der Waals surface area contributed by atoms with Gasteiger partial charge in [0.15, 0.2) is 0 Å².